The largest absolute Gasteiger partial charge is 0.494 e. The van der Waals surface area contributed by atoms with Gasteiger partial charge in [0.15, 0.2) is 5.82 Å². The first-order chi connectivity index (χ1) is 15.1. The van der Waals surface area contributed by atoms with Crippen molar-refractivity contribution in [1.29, 1.82) is 0 Å². The molecule has 1 fully saturated rings. The summed E-state index contributed by atoms with van der Waals surface area (Å²) in [6, 6.07) is 18.8. The molecule has 4 rings (SSSR count). The summed E-state index contributed by atoms with van der Waals surface area (Å²) in [5.74, 6) is 2.33. The molecule has 0 saturated carbocycles. The average molecular weight is 417 g/mol. The number of aromatic nitrogens is 2. The molecule has 2 heterocycles. The first-order valence-electron chi connectivity index (χ1n) is 10.9. The van der Waals surface area contributed by atoms with Gasteiger partial charge in [0, 0.05) is 29.9 Å². The van der Waals surface area contributed by atoms with Gasteiger partial charge in [0.25, 0.3) is 5.91 Å². The molecule has 1 aliphatic heterocycles. The Morgan fingerprint density at radius 3 is 2.32 bits per heavy atom. The first kappa shape index (κ1) is 20.8. The third kappa shape index (κ3) is 5.20. The summed E-state index contributed by atoms with van der Waals surface area (Å²) in [6.45, 7) is 6.91. The molecule has 1 amide bonds. The molecule has 6 heteroatoms. The number of carbonyl (C=O) groups is 1. The second-order valence-electron chi connectivity index (χ2n) is 7.94. The van der Waals surface area contributed by atoms with Gasteiger partial charge in [-0.05, 0) is 74.2 Å². The molecule has 0 spiro atoms. The van der Waals surface area contributed by atoms with Gasteiger partial charge in [0.1, 0.15) is 5.75 Å². The molecule has 160 valence electrons. The zero-order chi connectivity index (χ0) is 21.6. The van der Waals surface area contributed by atoms with Crippen LogP contribution in [0.4, 0.5) is 11.5 Å². The quantitative estimate of drug-likeness (QED) is 0.610. The van der Waals surface area contributed by atoms with Crippen LogP contribution in [0.1, 0.15) is 37.0 Å². The Morgan fingerprint density at radius 1 is 1.00 bits per heavy atom. The zero-order valence-electron chi connectivity index (χ0n) is 18.0. The van der Waals surface area contributed by atoms with E-state index in [1.807, 2.05) is 43.3 Å². The van der Waals surface area contributed by atoms with Crippen LogP contribution in [-0.4, -0.2) is 35.8 Å². The van der Waals surface area contributed by atoms with E-state index in [1.54, 1.807) is 24.3 Å². The SMILES string of the molecule is CCOc1ccc(C(=O)Nc2ccc(-c3ccc(N4CCC(C)CC4)nn3)cc2)cc1. The third-order valence-electron chi connectivity index (χ3n) is 5.62. The van der Waals surface area contributed by atoms with Gasteiger partial charge in [-0.15, -0.1) is 10.2 Å². The number of nitrogens with one attached hydrogen (secondary N) is 1. The highest BCUT2D eigenvalue weighted by atomic mass is 16.5. The standard InChI is InChI=1S/C25H28N4O2/c1-3-31-22-10-6-20(7-11-22)25(30)26-21-8-4-19(5-9-21)23-12-13-24(28-27-23)29-16-14-18(2)15-17-29/h4-13,18H,3,14-17H2,1-2H3,(H,26,30). The van der Waals surface area contributed by atoms with Crippen molar-refractivity contribution in [2.75, 3.05) is 29.9 Å². The molecule has 0 aliphatic carbocycles. The lowest BCUT2D eigenvalue weighted by Gasteiger charge is -2.30. The molecule has 1 N–H and O–H groups in total. The number of carbonyl (C=O) groups excluding carboxylic acids is 1. The lowest BCUT2D eigenvalue weighted by Crippen LogP contribution is -2.33. The van der Waals surface area contributed by atoms with Crippen LogP contribution in [0.2, 0.25) is 0 Å². The van der Waals surface area contributed by atoms with Gasteiger partial charge in [-0.2, -0.15) is 0 Å². The lowest BCUT2D eigenvalue weighted by molar-refractivity contribution is 0.102. The minimum absolute atomic E-state index is 0.157. The number of hydrogen-bond acceptors (Lipinski definition) is 5. The molecule has 31 heavy (non-hydrogen) atoms. The number of anilines is 2. The molecule has 0 atom stereocenters. The topological polar surface area (TPSA) is 67.3 Å². The van der Waals surface area contributed by atoms with E-state index < -0.39 is 0 Å². The maximum absolute atomic E-state index is 12.5. The van der Waals surface area contributed by atoms with Crippen molar-refractivity contribution in [3.05, 3.63) is 66.2 Å². The van der Waals surface area contributed by atoms with Crippen molar-refractivity contribution in [1.82, 2.24) is 10.2 Å². The molecule has 0 bridgehead atoms. The van der Waals surface area contributed by atoms with Crippen LogP contribution in [0.5, 0.6) is 5.75 Å². The highest BCUT2D eigenvalue weighted by Crippen LogP contribution is 2.24. The molecule has 1 aliphatic rings. The van der Waals surface area contributed by atoms with Crippen molar-refractivity contribution >= 4 is 17.4 Å². The Labute approximate surface area is 183 Å². The average Bonchev–Trinajstić information content (AvgIpc) is 2.81. The number of amides is 1. The van der Waals surface area contributed by atoms with Crippen LogP contribution in [0.15, 0.2) is 60.7 Å². The Morgan fingerprint density at radius 2 is 1.71 bits per heavy atom. The molecular weight excluding hydrogens is 388 g/mol. The van der Waals surface area contributed by atoms with Crippen LogP contribution in [0, 0.1) is 5.92 Å². The molecule has 6 nitrogen and oxygen atoms in total. The minimum atomic E-state index is -0.157. The summed E-state index contributed by atoms with van der Waals surface area (Å²) in [6.07, 6.45) is 2.40. The molecule has 3 aromatic rings. The number of benzene rings is 2. The Kier molecular flexibility index (Phi) is 6.46. The van der Waals surface area contributed by atoms with Crippen LogP contribution >= 0.6 is 0 Å². The number of piperidine rings is 1. The fraction of sp³-hybridized carbons (Fsp3) is 0.320. The number of rotatable bonds is 6. The van der Waals surface area contributed by atoms with Crippen molar-refractivity contribution in [3.8, 4) is 17.0 Å². The summed E-state index contributed by atoms with van der Waals surface area (Å²) in [4.78, 5) is 14.8. The predicted octanol–water partition coefficient (Wildman–Crippen LogP) is 5.03. The molecular formula is C25H28N4O2. The second kappa shape index (κ2) is 9.60. The van der Waals surface area contributed by atoms with Gasteiger partial charge < -0.3 is 15.0 Å². The number of hydrogen-bond donors (Lipinski definition) is 1. The van der Waals surface area contributed by atoms with Gasteiger partial charge in [-0.1, -0.05) is 19.1 Å². The van der Waals surface area contributed by atoms with Crippen molar-refractivity contribution in [3.63, 3.8) is 0 Å². The summed E-state index contributed by atoms with van der Waals surface area (Å²) in [5.41, 5.74) is 3.10. The van der Waals surface area contributed by atoms with Crippen LogP contribution in [0.25, 0.3) is 11.3 Å². The van der Waals surface area contributed by atoms with Gasteiger partial charge >= 0.3 is 0 Å². The summed E-state index contributed by atoms with van der Waals surface area (Å²) < 4.78 is 5.41. The van der Waals surface area contributed by atoms with E-state index in [9.17, 15) is 4.79 Å². The van der Waals surface area contributed by atoms with E-state index in [2.05, 4.69) is 27.3 Å². The van der Waals surface area contributed by atoms with E-state index in [-0.39, 0.29) is 5.91 Å². The van der Waals surface area contributed by atoms with Crippen LogP contribution in [0.3, 0.4) is 0 Å². The van der Waals surface area contributed by atoms with Crippen LogP contribution in [-0.2, 0) is 0 Å². The summed E-state index contributed by atoms with van der Waals surface area (Å²) in [7, 11) is 0. The van der Waals surface area contributed by atoms with Gasteiger partial charge in [0.2, 0.25) is 0 Å². The fourth-order valence-corrected chi connectivity index (χ4v) is 3.68. The first-order valence-corrected chi connectivity index (χ1v) is 10.9. The lowest BCUT2D eigenvalue weighted by atomic mass is 9.99. The van der Waals surface area contributed by atoms with Crippen molar-refractivity contribution < 1.29 is 9.53 Å². The Bertz CT molecular complexity index is 993. The Hall–Kier alpha value is -3.41. The maximum Gasteiger partial charge on any atom is 0.255 e. The maximum atomic E-state index is 12.5. The van der Waals surface area contributed by atoms with Gasteiger partial charge in [0.05, 0.1) is 12.3 Å². The number of nitrogens with zero attached hydrogens (tertiary/aromatic N) is 3. The fourth-order valence-electron chi connectivity index (χ4n) is 3.68. The molecule has 0 radical (unpaired) electrons. The minimum Gasteiger partial charge on any atom is -0.494 e. The smallest absolute Gasteiger partial charge is 0.255 e. The van der Waals surface area contributed by atoms with E-state index in [1.165, 1.54) is 12.8 Å². The van der Waals surface area contributed by atoms with Crippen molar-refractivity contribution in [2.24, 2.45) is 5.92 Å². The molecule has 0 unspecified atom stereocenters. The molecule has 2 aromatic carbocycles. The monoisotopic (exact) mass is 416 g/mol. The highest BCUT2D eigenvalue weighted by molar-refractivity contribution is 6.04. The highest BCUT2D eigenvalue weighted by Gasteiger charge is 2.17. The van der Waals surface area contributed by atoms with E-state index in [0.29, 0.717) is 12.2 Å². The van der Waals surface area contributed by atoms with Gasteiger partial charge in [-0.3, -0.25) is 4.79 Å². The van der Waals surface area contributed by atoms with Crippen LogP contribution < -0.4 is 15.0 Å². The third-order valence-corrected chi connectivity index (χ3v) is 5.62. The van der Waals surface area contributed by atoms with E-state index in [4.69, 9.17) is 4.74 Å². The predicted molar refractivity (Wildman–Crippen MR) is 124 cm³/mol. The summed E-state index contributed by atoms with van der Waals surface area (Å²) >= 11 is 0. The number of ether oxygens (including phenoxy) is 1. The Balaban J connectivity index is 1.38. The second-order valence-corrected chi connectivity index (χ2v) is 7.94. The van der Waals surface area contributed by atoms with E-state index in [0.717, 1.165) is 47.5 Å². The van der Waals surface area contributed by atoms with Gasteiger partial charge in [-0.25, -0.2) is 0 Å². The normalized spacial score (nSPS) is 14.3. The van der Waals surface area contributed by atoms with E-state index >= 15 is 0 Å². The molecule has 1 saturated heterocycles. The van der Waals surface area contributed by atoms with Crippen molar-refractivity contribution in [2.45, 2.75) is 26.7 Å². The molecule has 1 aromatic heterocycles. The summed E-state index contributed by atoms with van der Waals surface area (Å²) in [5, 5.41) is 11.8. The zero-order valence-corrected chi connectivity index (χ0v) is 18.0.